The molecule has 2 rings (SSSR count). The molecule has 0 radical (unpaired) electrons. The van der Waals surface area contributed by atoms with Crippen LogP contribution >= 0.6 is 0 Å². The lowest BCUT2D eigenvalue weighted by Crippen LogP contribution is -2.36. The zero-order chi connectivity index (χ0) is 17.9. The van der Waals surface area contributed by atoms with Crippen molar-refractivity contribution in [1.82, 2.24) is 0 Å². The van der Waals surface area contributed by atoms with E-state index in [1.54, 1.807) is 0 Å². The Hall–Kier alpha value is -2.62. The molecule has 4 nitrogen and oxygen atoms in total. The van der Waals surface area contributed by atoms with Crippen molar-refractivity contribution in [2.75, 3.05) is 16.8 Å². The van der Waals surface area contributed by atoms with Crippen LogP contribution in [0.25, 0.3) is 0 Å². The van der Waals surface area contributed by atoms with Gasteiger partial charge in [-0.15, -0.1) is 0 Å². The van der Waals surface area contributed by atoms with Gasteiger partial charge in [0, 0.05) is 18.3 Å². The molecule has 0 unspecified atom stereocenters. The van der Waals surface area contributed by atoms with Crippen LogP contribution in [0.1, 0.15) is 29.2 Å². The standard InChI is InChI=1S/C20H24N2O2/c1-13-6-8-18(9-7-13)22(17(5)23)12-19(24)21-20-15(3)10-14(2)11-16(20)4/h6-11H,12H2,1-5H3,(H,21,24). The van der Waals surface area contributed by atoms with E-state index in [4.69, 9.17) is 0 Å². The molecule has 0 bridgehead atoms. The molecule has 24 heavy (non-hydrogen) atoms. The molecular formula is C20H24N2O2. The molecule has 126 valence electrons. The molecule has 4 heteroatoms. The van der Waals surface area contributed by atoms with Crippen LogP contribution in [0.4, 0.5) is 11.4 Å². The Kier molecular flexibility index (Phi) is 5.39. The minimum atomic E-state index is -0.208. The van der Waals surface area contributed by atoms with Gasteiger partial charge in [-0.3, -0.25) is 9.59 Å². The Labute approximate surface area is 143 Å². The predicted molar refractivity (Wildman–Crippen MR) is 98.5 cm³/mol. The van der Waals surface area contributed by atoms with Crippen molar-refractivity contribution < 1.29 is 9.59 Å². The predicted octanol–water partition coefficient (Wildman–Crippen LogP) is 3.91. The third-order valence-electron chi connectivity index (χ3n) is 3.97. The number of benzene rings is 2. The van der Waals surface area contributed by atoms with E-state index in [0.717, 1.165) is 33.6 Å². The average molecular weight is 324 g/mol. The SMILES string of the molecule is CC(=O)N(CC(=O)Nc1c(C)cc(C)cc1C)c1ccc(C)cc1. The van der Waals surface area contributed by atoms with Crippen molar-refractivity contribution in [1.29, 1.82) is 0 Å². The Bertz CT molecular complexity index is 741. The van der Waals surface area contributed by atoms with Crippen molar-refractivity contribution in [3.8, 4) is 0 Å². The molecule has 2 amide bonds. The minimum absolute atomic E-state index is 0.00878. The second kappa shape index (κ2) is 7.30. The highest BCUT2D eigenvalue weighted by atomic mass is 16.2. The molecule has 2 aromatic rings. The number of nitrogens with one attached hydrogen (secondary N) is 1. The first-order valence-electron chi connectivity index (χ1n) is 8.00. The van der Waals surface area contributed by atoms with Crippen LogP contribution in [0.3, 0.4) is 0 Å². The Morgan fingerprint density at radius 1 is 0.917 bits per heavy atom. The zero-order valence-electron chi connectivity index (χ0n) is 14.9. The van der Waals surface area contributed by atoms with Gasteiger partial charge >= 0.3 is 0 Å². The fraction of sp³-hybridized carbons (Fsp3) is 0.300. The zero-order valence-corrected chi connectivity index (χ0v) is 14.9. The smallest absolute Gasteiger partial charge is 0.244 e. The number of anilines is 2. The van der Waals surface area contributed by atoms with E-state index in [1.165, 1.54) is 11.8 Å². The summed E-state index contributed by atoms with van der Waals surface area (Å²) in [5, 5.41) is 2.94. The number of hydrogen-bond acceptors (Lipinski definition) is 2. The first kappa shape index (κ1) is 17.7. The van der Waals surface area contributed by atoms with Crippen LogP contribution in [0, 0.1) is 27.7 Å². The monoisotopic (exact) mass is 324 g/mol. The molecule has 0 saturated carbocycles. The molecule has 0 saturated heterocycles. The van der Waals surface area contributed by atoms with Crippen LogP contribution in [-0.2, 0) is 9.59 Å². The van der Waals surface area contributed by atoms with E-state index in [2.05, 4.69) is 5.32 Å². The van der Waals surface area contributed by atoms with Gasteiger partial charge in [0.05, 0.1) is 0 Å². The molecule has 0 aromatic heterocycles. The van der Waals surface area contributed by atoms with Crippen LogP contribution in [0.15, 0.2) is 36.4 Å². The molecule has 0 atom stereocenters. The van der Waals surface area contributed by atoms with Gasteiger partial charge in [-0.05, 0) is 51.0 Å². The molecule has 0 aliphatic carbocycles. The van der Waals surface area contributed by atoms with E-state index in [-0.39, 0.29) is 18.4 Å². The summed E-state index contributed by atoms with van der Waals surface area (Å²) in [6.45, 7) is 9.41. The lowest BCUT2D eigenvalue weighted by Gasteiger charge is -2.21. The Morgan fingerprint density at radius 2 is 1.46 bits per heavy atom. The van der Waals surface area contributed by atoms with E-state index >= 15 is 0 Å². The maximum absolute atomic E-state index is 12.5. The molecule has 0 heterocycles. The lowest BCUT2D eigenvalue weighted by molar-refractivity contribution is -0.120. The number of carbonyl (C=O) groups excluding carboxylic acids is 2. The first-order chi connectivity index (χ1) is 11.3. The van der Waals surface area contributed by atoms with Gasteiger partial charge in [-0.2, -0.15) is 0 Å². The molecule has 0 aliphatic rings. The third-order valence-corrected chi connectivity index (χ3v) is 3.97. The molecule has 0 fully saturated rings. The summed E-state index contributed by atoms with van der Waals surface area (Å²) in [5.74, 6) is -0.368. The van der Waals surface area contributed by atoms with Crippen LogP contribution in [0.2, 0.25) is 0 Å². The Morgan fingerprint density at radius 3 is 1.96 bits per heavy atom. The van der Waals surface area contributed by atoms with Crippen molar-refractivity contribution in [2.45, 2.75) is 34.6 Å². The summed E-state index contributed by atoms with van der Waals surface area (Å²) >= 11 is 0. The van der Waals surface area contributed by atoms with Crippen molar-refractivity contribution in [3.63, 3.8) is 0 Å². The van der Waals surface area contributed by atoms with E-state index < -0.39 is 0 Å². The summed E-state index contributed by atoms with van der Waals surface area (Å²) in [6, 6.07) is 11.6. The quantitative estimate of drug-likeness (QED) is 0.927. The van der Waals surface area contributed by atoms with Gasteiger partial charge in [0.15, 0.2) is 0 Å². The summed E-state index contributed by atoms with van der Waals surface area (Å²) in [5.41, 5.74) is 5.85. The number of aryl methyl sites for hydroxylation is 4. The maximum Gasteiger partial charge on any atom is 0.244 e. The van der Waals surface area contributed by atoms with E-state index in [9.17, 15) is 9.59 Å². The molecule has 2 aromatic carbocycles. The summed E-state index contributed by atoms with van der Waals surface area (Å²) in [6.07, 6.45) is 0. The van der Waals surface area contributed by atoms with Crippen LogP contribution in [-0.4, -0.2) is 18.4 Å². The van der Waals surface area contributed by atoms with Crippen LogP contribution < -0.4 is 10.2 Å². The minimum Gasteiger partial charge on any atom is -0.324 e. The number of nitrogens with zero attached hydrogens (tertiary/aromatic N) is 1. The fourth-order valence-corrected chi connectivity index (χ4v) is 2.81. The van der Waals surface area contributed by atoms with Gasteiger partial charge in [0.25, 0.3) is 0 Å². The van der Waals surface area contributed by atoms with Gasteiger partial charge in [-0.1, -0.05) is 35.4 Å². The average Bonchev–Trinajstić information content (AvgIpc) is 2.49. The van der Waals surface area contributed by atoms with Gasteiger partial charge < -0.3 is 10.2 Å². The number of rotatable bonds is 4. The largest absolute Gasteiger partial charge is 0.324 e. The molecule has 0 aliphatic heterocycles. The fourth-order valence-electron chi connectivity index (χ4n) is 2.81. The summed E-state index contributed by atoms with van der Waals surface area (Å²) in [7, 11) is 0. The van der Waals surface area contributed by atoms with Gasteiger partial charge in [-0.25, -0.2) is 0 Å². The summed E-state index contributed by atoms with van der Waals surface area (Å²) in [4.78, 5) is 25.9. The molecular weight excluding hydrogens is 300 g/mol. The van der Waals surface area contributed by atoms with Crippen molar-refractivity contribution in [3.05, 3.63) is 58.7 Å². The van der Waals surface area contributed by atoms with Crippen molar-refractivity contribution in [2.24, 2.45) is 0 Å². The second-order valence-electron chi connectivity index (χ2n) is 6.26. The number of amides is 2. The number of carbonyl (C=O) groups is 2. The topological polar surface area (TPSA) is 49.4 Å². The second-order valence-corrected chi connectivity index (χ2v) is 6.26. The van der Waals surface area contributed by atoms with Crippen molar-refractivity contribution >= 4 is 23.2 Å². The normalized spacial score (nSPS) is 10.4. The van der Waals surface area contributed by atoms with Crippen LogP contribution in [0.5, 0.6) is 0 Å². The van der Waals surface area contributed by atoms with E-state index in [0.29, 0.717) is 0 Å². The van der Waals surface area contributed by atoms with Gasteiger partial charge in [0.2, 0.25) is 11.8 Å². The summed E-state index contributed by atoms with van der Waals surface area (Å²) < 4.78 is 0. The number of hydrogen-bond donors (Lipinski definition) is 1. The molecule has 1 N–H and O–H groups in total. The van der Waals surface area contributed by atoms with E-state index in [1.807, 2.05) is 64.1 Å². The highest BCUT2D eigenvalue weighted by Gasteiger charge is 2.17. The first-order valence-corrected chi connectivity index (χ1v) is 8.00. The maximum atomic E-state index is 12.5. The lowest BCUT2D eigenvalue weighted by atomic mass is 10.1. The van der Waals surface area contributed by atoms with Gasteiger partial charge in [0.1, 0.15) is 6.54 Å². The Balaban J connectivity index is 2.17. The highest BCUT2D eigenvalue weighted by molar-refractivity contribution is 6.02. The highest BCUT2D eigenvalue weighted by Crippen LogP contribution is 2.22. The molecule has 0 spiro atoms. The third kappa shape index (κ3) is 4.22.